The predicted molar refractivity (Wildman–Crippen MR) is 85.8 cm³/mol. The van der Waals surface area contributed by atoms with E-state index in [9.17, 15) is 4.79 Å². The number of carbonyl (C=O) groups excluding carboxylic acids is 1. The fraction of sp³-hybridized carbons (Fsp3) is 0.429. The van der Waals surface area contributed by atoms with Crippen LogP contribution in [0.2, 0.25) is 5.02 Å². The Kier molecular flexibility index (Phi) is 5.27. The highest BCUT2D eigenvalue weighted by molar-refractivity contribution is 6.30. The van der Waals surface area contributed by atoms with Gasteiger partial charge in [0.2, 0.25) is 5.91 Å². The Morgan fingerprint density at radius 3 is 2.48 bits per heavy atom. The topological polar surface area (TPSA) is 74.0 Å². The highest BCUT2D eigenvalue weighted by Crippen LogP contribution is 2.19. The summed E-state index contributed by atoms with van der Waals surface area (Å²) in [6.07, 6.45) is 0. The minimum atomic E-state index is 0.0392. The first kappa shape index (κ1) is 15.4. The summed E-state index contributed by atoms with van der Waals surface area (Å²) in [6.45, 7) is 3.21. The lowest BCUT2D eigenvalue weighted by molar-refractivity contribution is -0.130. The fourth-order valence-electron chi connectivity index (χ4n) is 2.22. The molecule has 1 heterocycles. The van der Waals surface area contributed by atoms with Gasteiger partial charge in [-0.15, -0.1) is 0 Å². The van der Waals surface area contributed by atoms with Crippen molar-refractivity contribution in [2.45, 2.75) is 0 Å². The van der Waals surface area contributed by atoms with E-state index in [1.54, 1.807) is 7.05 Å². The third kappa shape index (κ3) is 4.26. The van der Waals surface area contributed by atoms with Crippen molar-refractivity contribution in [3.05, 3.63) is 29.3 Å². The minimum absolute atomic E-state index is 0.0392. The smallest absolute Gasteiger partial charge is 0.242 e. The molecule has 0 saturated carbocycles. The molecule has 0 radical (unpaired) electrons. The van der Waals surface area contributed by atoms with Crippen LogP contribution in [0, 0.1) is 0 Å². The van der Waals surface area contributed by atoms with Crippen LogP contribution in [-0.4, -0.2) is 56.5 Å². The normalized spacial score (nSPS) is 16.0. The van der Waals surface area contributed by atoms with Gasteiger partial charge in [-0.1, -0.05) is 11.6 Å². The van der Waals surface area contributed by atoms with Crippen LogP contribution in [0.1, 0.15) is 0 Å². The molecule has 7 heteroatoms. The molecule has 1 saturated heterocycles. The maximum Gasteiger partial charge on any atom is 0.242 e. The standard InChI is InChI=1S/C14H20ClN5O/c1-17-14(16)18-10-13(21)20-8-6-19(7-9-20)12-4-2-11(15)3-5-12/h2-5H,6-10H2,1H3,(H3,16,17,18). The number of piperazine rings is 1. The van der Waals surface area contributed by atoms with Gasteiger partial charge in [-0.3, -0.25) is 9.79 Å². The van der Waals surface area contributed by atoms with Crippen molar-refractivity contribution in [1.29, 1.82) is 0 Å². The second kappa shape index (κ2) is 7.17. The quantitative estimate of drug-likeness (QED) is 0.631. The van der Waals surface area contributed by atoms with Gasteiger partial charge in [0, 0.05) is 43.9 Å². The zero-order valence-electron chi connectivity index (χ0n) is 12.1. The Hall–Kier alpha value is -1.95. The fourth-order valence-corrected chi connectivity index (χ4v) is 2.35. The highest BCUT2D eigenvalue weighted by Gasteiger charge is 2.21. The predicted octanol–water partition coefficient (Wildman–Crippen LogP) is 0.523. The van der Waals surface area contributed by atoms with Crippen LogP contribution in [0.25, 0.3) is 0 Å². The van der Waals surface area contributed by atoms with Crippen molar-refractivity contribution < 1.29 is 4.79 Å². The van der Waals surface area contributed by atoms with Crippen LogP contribution in [0.5, 0.6) is 0 Å². The summed E-state index contributed by atoms with van der Waals surface area (Å²) in [5.74, 6) is 0.320. The van der Waals surface area contributed by atoms with E-state index >= 15 is 0 Å². The number of hydrogen-bond acceptors (Lipinski definition) is 3. The van der Waals surface area contributed by atoms with E-state index < -0.39 is 0 Å². The molecular formula is C14H20ClN5O. The lowest BCUT2D eigenvalue weighted by atomic mass is 10.2. The third-order valence-electron chi connectivity index (χ3n) is 3.49. The zero-order chi connectivity index (χ0) is 15.2. The molecule has 1 amide bonds. The Labute approximate surface area is 129 Å². The number of anilines is 1. The van der Waals surface area contributed by atoms with Gasteiger partial charge < -0.3 is 20.9 Å². The van der Waals surface area contributed by atoms with Crippen molar-refractivity contribution in [2.75, 3.05) is 44.7 Å². The van der Waals surface area contributed by atoms with Crippen LogP contribution in [0.3, 0.4) is 0 Å². The molecule has 0 bridgehead atoms. The molecular weight excluding hydrogens is 290 g/mol. The summed E-state index contributed by atoms with van der Waals surface area (Å²) < 4.78 is 0. The van der Waals surface area contributed by atoms with Crippen LogP contribution in [0.15, 0.2) is 29.3 Å². The highest BCUT2D eigenvalue weighted by atomic mass is 35.5. The number of halogens is 1. The number of nitrogens with one attached hydrogen (secondary N) is 1. The second-order valence-electron chi connectivity index (χ2n) is 4.81. The van der Waals surface area contributed by atoms with Crippen LogP contribution in [-0.2, 0) is 4.79 Å². The summed E-state index contributed by atoms with van der Waals surface area (Å²) in [5.41, 5.74) is 6.64. The third-order valence-corrected chi connectivity index (χ3v) is 3.74. The number of rotatable bonds is 3. The number of benzene rings is 1. The molecule has 0 atom stereocenters. The van der Waals surface area contributed by atoms with E-state index in [1.165, 1.54) is 0 Å². The first-order valence-corrected chi connectivity index (χ1v) is 7.22. The van der Waals surface area contributed by atoms with Gasteiger partial charge >= 0.3 is 0 Å². The molecule has 114 valence electrons. The van der Waals surface area contributed by atoms with Gasteiger partial charge in [-0.05, 0) is 24.3 Å². The first-order valence-electron chi connectivity index (χ1n) is 6.84. The molecule has 1 aliphatic rings. The van der Waals surface area contributed by atoms with E-state index in [1.807, 2.05) is 29.2 Å². The maximum absolute atomic E-state index is 12.0. The number of hydrogen-bond donors (Lipinski definition) is 2. The van der Waals surface area contributed by atoms with Crippen molar-refractivity contribution in [1.82, 2.24) is 10.2 Å². The Balaban J connectivity index is 1.82. The molecule has 0 aromatic heterocycles. The molecule has 1 fully saturated rings. The summed E-state index contributed by atoms with van der Waals surface area (Å²) in [6, 6.07) is 7.76. The number of nitrogens with zero attached hydrogens (tertiary/aromatic N) is 3. The number of nitrogens with two attached hydrogens (primary N) is 1. The van der Waals surface area contributed by atoms with E-state index in [2.05, 4.69) is 15.2 Å². The van der Waals surface area contributed by atoms with Crippen molar-refractivity contribution in [3.8, 4) is 0 Å². The Bertz CT molecular complexity index is 509. The number of carbonyl (C=O) groups is 1. The Morgan fingerprint density at radius 2 is 1.90 bits per heavy atom. The van der Waals surface area contributed by atoms with Gasteiger partial charge in [0.05, 0.1) is 6.54 Å². The van der Waals surface area contributed by atoms with Gasteiger partial charge in [0.1, 0.15) is 0 Å². The van der Waals surface area contributed by atoms with Gasteiger partial charge in [0.15, 0.2) is 5.96 Å². The molecule has 2 rings (SSSR count). The molecule has 0 spiro atoms. The lowest BCUT2D eigenvalue weighted by Crippen LogP contribution is -2.51. The minimum Gasteiger partial charge on any atom is -0.370 e. The maximum atomic E-state index is 12.0. The summed E-state index contributed by atoms with van der Waals surface area (Å²) >= 11 is 5.89. The lowest BCUT2D eigenvalue weighted by Gasteiger charge is -2.36. The molecule has 0 unspecified atom stereocenters. The second-order valence-corrected chi connectivity index (χ2v) is 5.24. The SMILES string of the molecule is CN=C(N)NCC(=O)N1CCN(c2ccc(Cl)cc2)CC1. The van der Waals surface area contributed by atoms with E-state index in [-0.39, 0.29) is 18.4 Å². The Morgan fingerprint density at radius 1 is 1.29 bits per heavy atom. The van der Waals surface area contributed by atoms with E-state index in [0.717, 1.165) is 23.8 Å². The van der Waals surface area contributed by atoms with Gasteiger partial charge in [-0.2, -0.15) is 0 Å². The van der Waals surface area contributed by atoms with Gasteiger partial charge in [0.25, 0.3) is 0 Å². The van der Waals surface area contributed by atoms with Crippen LogP contribution in [0.4, 0.5) is 5.69 Å². The van der Waals surface area contributed by atoms with Crippen molar-refractivity contribution >= 4 is 29.2 Å². The molecule has 1 aliphatic heterocycles. The number of guanidine groups is 1. The van der Waals surface area contributed by atoms with E-state index in [4.69, 9.17) is 17.3 Å². The zero-order valence-corrected chi connectivity index (χ0v) is 12.8. The largest absolute Gasteiger partial charge is 0.370 e. The number of aliphatic imine (C=N–C) groups is 1. The average Bonchev–Trinajstić information content (AvgIpc) is 2.53. The molecule has 1 aromatic rings. The average molecular weight is 310 g/mol. The summed E-state index contributed by atoms with van der Waals surface area (Å²) in [5, 5.41) is 3.52. The van der Waals surface area contributed by atoms with Gasteiger partial charge in [-0.25, -0.2) is 0 Å². The van der Waals surface area contributed by atoms with Crippen LogP contribution >= 0.6 is 11.6 Å². The summed E-state index contributed by atoms with van der Waals surface area (Å²) in [4.78, 5) is 19.9. The first-order chi connectivity index (χ1) is 10.1. The molecule has 1 aromatic carbocycles. The monoisotopic (exact) mass is 309 g/mol. The summed E-state index contributed by atoms with van der Waals surface area (Å²) in [7, 11) is 1.58. The molecule has 6 nitrogen and oxygen atoms in total. The molecule has 21 heavy (non-hydrogen) atoms. The van der Waals surface area contributed by atoms with E-state index in [0.29, 0.717) is 13.1 Å². The van der Waals surface area contributed by atoms with Crippen molar-refractivity contribution in [2.24, 2.45) is 10.7 Å². The van der Waals surface area contributed by atoms with Crippen molar-refractivity contribution in [3.63, 3.8) is 0 Å². The molecule has 0 aliphatic carbocycles. The molecule has 3 N–H and O–H groups in total. The van der Waals surface area contributed by atoms with Crippen LogP contribution < -0.4 is 16.0 Å². The number of amides is 1.